The largest absolute Gasteiger partial charge is 0.336 e. The summed E-state index contributed by atoms with van der Waals surface area (Å²) in [5, 5.41) is 0. The van der Waals surface area contributed by atoms with Crippen molar-refractivity contribution in [3.63, 3.8) is 0 Å². The van der Waals surface area contributed by atoms with E-state index in [2.05, 4.69) is 58.9 Å². The summed E-state index contributed by atoms with van der Waals surface area (Å²) in [5.74, 6) is 0.120. The Morgan fingerprint density at radius 2 is 1.71 bits per heavy atom. The van der Waals surface area contributed by atoms with Crippen LogP contribution in [0.5, 0.6) is 0 Å². The van der Waals surface area contributed by atoms with E-state index in [0.717, 1.165) is 29.7 Å². The number of carbonyl (C=O) groups is 1. The summed E-state index contributed by atoms with van der Waals surface area (Å²) in [4.78, 5) is 17.3. The van der Waals surface area contributed by atoms with Crippen LogP contribution in [0.3, 0.4) is 0 Å². The van der Waals surface area contributed by atoms with Crippen LogP contribution in [0.4, 0.5) is 0 Å². The van der Waals surface area contributed by atoms with Gasteiger partial charge in [0.05, 0.1) is 0 Å². The van der Waals surface area contributed by atoms with Gasteiger partial charge in [-0.2, -0.15) is 0 Å². The summed E-state index contributed by atoms with van der Waals surface area (Å²) < 4.78 is 0.942. The van der Waals surface area contributed by atoms with Crippen molar-refractivity contribution >= 4 is 21.8 Å². The predicted molar refractivity (Wildman–Crippen MR) is 101 cm³/mol. The first-order chi connectivity index (χ1) is 11.5. The molecule has 4 heteroatoms. The van der Waals surface area contributed by atoms with E-state index >= 15 is 0 Å². The van der Waals surface area contributed by atoms with Crippen LogP contribution in [0.1, 0.15) is 29.8 Å². The molecule has 2 unspecified atom stereocenters. The van der Waals surface area contributed by atoms with Gasteiger partial charge < -0.3 is 4.90 Å². The zero-order valence-electron chi connectivity index (χ0n) is 14.2. The van der Waals surface area contributed by atoms with Crippen molar-refractivity contribution in [1.29, 1.82) is 0 Å². The van der Waals surface area contributed by atoms with Crippen LogP contribution >= 0.6 is 15.9 Å². The predicted octanol–water partition coefficient (Wildman–Crippen LogP) is 4.18. The van der Waals surface area contributed by atoms with Gasteiger partial charge in [-0.25, -0.2) is 0 Å². The molecule has 1 fully saturated rings. The second kappa shape index (κ2) is 7.49. The fourth-order valence-corrected chi connectivity index (χ4v) is 3.83. The highest BCUT2D eigenvalue weighted by molar-refractivity contribution is 9.10. The monoisotopic (exact) mass is 386 g/mol. The first kappa shape index (κ1) is 17.2. The minimum Gasteiger partial charge on any atom is -0.336 e. The number of carbonyl (C=O) groups excluding carboxylic acids is 1. The second-order valence-corrected chi connectivity index (χ2v) is 7.49. The number of piperazine rings is 1. The lowest BCUT2D eigenvalue weighted by Crippen LogP contribution is -2.57. The summed E-state index contributed by atoms with van der Waals surface area (Å²) in [5.41, 5.74) is 2.07. The molecule has 3 nitrogen and oxygen atoms in total. The van der Waals surface area contributed by atoms with Gasteiger partial charge in [-0.1, -0.05) is 52.3 Å². The third-order valence-electron chi connectivity index (χ3n) is 4.67. The Balaban J connectivity index is 1.70. The normalized spacial score (nSPS) is 21.7. The first-order valence-electron chi connectivity index (χ1n) is 8.39. The van der Waals surface area contributed by atoms with E-state index < -0.39 is 0 Å². The maximum atomic E-state index is 12.8. The Bertz CT molecular complexity index is 692. The fourth-order valence-electron chi connectivity index (χ4n) is 3.43. The molecule has 0 bridgehead atoms. The smallest absolute Gasteiger partial charge is 0.253 e. The van der Waals surface area contributed by atoms with Crippen LogP contribution in [0.15, 0.2) is 59.1 Å². The summed E-state index contributed by atoms with van der Waals surface area (Å²) in [6.45, 7) is 6.88. The molecule has 2 aromatic rings. The Labute approximate surface area is 152 Å². The molecule has 0 aliphatic carbocycles. The van der Waals surface area contributed by atoms with Gasteiger partial charge in [0.2, 0.25) is 0 Å². The highest BCUT2D eigenvalue weighted by atomic mass is 79.9. The molecule has 1 aliphatic rings. The Morgan fingerprint density at radius 1 is 1.04 bits per heavy atom. The molecule has 0 aromatic heterocycles. The molecule has 1 heterocycles. The number of benzene rings is 2. The van der Waals surface area contributed by atoms with Crippen molar-refractivity contribution in [2.75, 3.05) is 13.1 Å². The molecule has 24 heavy (non-hydrogen) atoms. The van der Waals surface area contributed by atoms with E-state index in [-0.39, 0.29) is 5.91 Å². The minimum atomic E-state index is 0.120. The van der Waals surface area contributed by atoms with Crippen molar-refractivity contribution in [2.45, 2.75) is 32.5 Å². The van der Waals surface area contributed by atoms with Crippen molar-refractivity contribution in [3.8, 4) is 0 Å². The van der Waals surface area contributed by atoms with Gasteiger partial charge in [0.25, 0.3) is 5.91 Å². The lowest BCUT2D eigenvalue weighted by atomic mass is 10.0. The van der Waals surface area contributed by atoms with E-state index in [1.165, 1.54) is 5.56 Å². The number of halogens is 1. The molecule has 0 saturated carbocycles. The minimum absolute atomic E-state index is 0.120. The summed E-state index contributed by atoms with van der Waals surface area (Å²) in [6, 6.07) is 18.9. The zero-order valence-corrected chi connectivity index (χ0v) is 15.7. The van der Waals surface area contributed by atoms with Crippen LogP contribution in [-0.2, 0) is 6.54 Å². The number of nitrogens with zero attached hydrogens (tertiary/aromatic N) is 2. The summed E-state index contributed by atoms with van der Waals surface area (Å²) in [6.07, 6.45) is 0. The van der Waals surface area contributed by atoms with Crippen LogP contribution in [0.2, 0.25) is 0 Å². The highest BCUT2D eigenvalue weighted by Crippen LogP contribution is 2.21. The summed E-state index contributed by atoms with van der Waals surface area (Å²) in [7, 11) is 0. The lowest BCUT2D eigenvalue weighted by molar-refractivity contribution is 0.0269. The van der Waals surface area contributed by atoms with Crippen molar-refractivity contribution in [3.05, 3.63) is 70.2 Å². The fraction of sp³-hybridized carbons (Fsp3) is 0.350. The van der Waals surface area contributed by atoms with Crippen molar-refractivity contribution < 1.29 is 4.79 Å². The molecule has 0 radical (unpaired) electrons. The molecule has 126 valence electrons. The van der Waals surface area contributed by atoms with Crippen LogP contribution in [0, 0.1) is 0 Å². The number of amides is 1. The molecule has 1 aliphatic heterocycles. The molecular formula is C20H23BrN2O. The van der Waals surface area contributed by atoms with Crippen molar-refractivity contribution in [2.24, 2.45) is 0 Å². The van der Waals surface area contributed by atoms with Crippen molar-refractivity contribution in [1.82, 2.24) is 9.80 Å². The Hall–Kier alpha value is -1.65. The highest BCUT2D eigenvalue weighted by Gasteiger charge is 2.32. The maximum Gasteiger partial charge on any atom is 0.253 e. The van der Waals surface area contributed by atoms with Crippen LogP contribution < -0.4 is 0 Å². The van der Waals surface area contributed by atoms with E-state index in [4.69, 9.17) is 0 Å². The third kappa shape index (κ3) is 3.87. The van der Waals surface area contributed by atoms with E-state index in [1.807, 2.05) is 35.2 Å². The second-order valence-electron chi connectivity index (χ2n) is 6.58. The Morgan fingerprint density at radius 3 is 2.33 bits per heavy atom. The lowest BCUT2D eigenvalue weighted by Gasteiger charge is -2.44. The van der Waals surface area contributed by atoms with E-state index in [1.54, 1.807) is 0 Å². The third-order valence-corrected chi connectivity index (χ3v) is 5.16. The van der Waals surface area contributed by atoms with Gasteiger partial charge in [0, 0.05) is 41.8 Å². The Kier molecular flexibility index (Phi) is 5.36. The van der Waals surface area contributed by atoms with E-state index in [9.17, 15) is 4.79 Å². The number of rotatable bonds is 3. The topological polar surface area (TPSA) is 23.6 Å². The molecule has 1 amide bonds. The molecule has 2 aromatic carbocycles. The van der Waals surface area contributed by atoms with Gasteiger partial charge in [0.1, 0.15) is 0 Å². The standard InChI is InChI=1S/C20H23BrN2O/c1-15-12-22(20(24)18-9-6-10-19(21)11-18)13-16(2)23(15)14-17-7-4-3-5-8-17/h3-11,15-16H,12-14H2,1-2H3. The molecule has 0 N–H and O–H groups in total. The quantitative estimate of drug-likeness (QED) is 0.789. The molecule has 2 atom stereocenters. The summed E-state index contributed by atoms with van der Waals surface area (Å²) >= 11 is 3.45. The average molecular weight is 387 g/mol. The van der Waals surface area contributed by atoms with Crippen LogP contribution in [-0.4, -0.2) is 40.9 Å². The number of hydrogen-bond acceptors (Lipinski definition) is 2. The van der Waals surface area contributed by atoms with Crippen LogP contribution in [0.25, 0.3) is 0 Å². The number of hydrogen-bond donors (Lipinski definition) is 0. The average Bonchev–Trinajstić information content (AvgIpc) is 2.58. The van der Waals surface area contributed by atoms with Gasteiger partial charge in [-0.15, -0.1) is 0 Å². The first-order valence-corrected chi connectivity index (χ1v) is 9.18. The van der Waals surface area contributed by atoms with Gasteiger partial charge in [0.15, 0.2) is 0 Å². The zero-order chi connectivity index (χ0) is 17.1. The maximum absolute atomic E-state index is 12.8. The van der Waals surface area contributed by atoms with Gasteiger partial charge in [-0.3, -0.25) is 9.69 Å². The molecule has 3 rings (SSSR count). The molecule has 0 spiro atoms. The van der Waals surface area contributed by atoms with E-state index in [0.29, 0.717) is 12.1 Å². The van der Waals surface area contributed by atoms with Gasteiger partial charge >= 0.3 is 0 Å². The SMILES string of the molecule is CC1CN(C(=O)c2cccc(Br)c2)CC(C)N1Cc1ccccc1. The van der Waals surface area contributed by atoms with Gasteiger partial charge in [-0.05, 0) is 37.6 Å². The molecule has 1 saturated heterocycles. The molecular weight excluding hydrogens is 364 g/mol.